The number of phenols is 1. The fourth-order valence-electron chi connectivity index (χ4n) is 2.75. The molecule has 2 aromatic carbocycles. The summed E-state index contributed by atoms with van der Waals surface area (Å²) in [7, 11) is 0. The van der Waals surface area contributed by atoms with Gasteiger partial charge in [0.2, 0.25) is 5.91 Å². The van der Waals surface area contributed by atoms with Gasteiger partial charge in [0.05, 0.1) is 0 Å². The SMILES string of the molecule is CC(C)[C@@H](NC(=O)[C@@H](Cc1ccc(O)cc1)NC(=O)OCc1ccccc1)C(=O)O. The number of benzene rings is 2. The first-order chi connectivity index (χ1) is 14.3. The highest BCUT2D eigenvalue weighted by molar-refractivity contribution is 5.89. The molecular formula is C22H26N2O6. The molecule has 0 radical (unpaired) electrons. The number of hydrogen-bond acceptors (Lipinski definition) is 5. The number of aromatic hydroxyl groups is 1. The first-order valence-corrected chi connectivity index (χ1v) is 9.54. The molecule has 8 nitrogen and oxygen atoms in total. The van der Waals surface area contributed by atoms with Gasteiger partial charge in [0.1, 0.15) is 24.4 Å². The predicted molar refractivity (Wildman–Crippen MR) is 110 cm³/mol. The molecule has 4 N–H and O–H groups in total. The van der Waals surface area contributed by atoms with Crippen LogP contribution in [0.15, 0.2) is 54.6 Å². The Balaban J connectivity index is 2.09. The molecule has 0 aliphatic rings. The number of carboxylic acids is 1. The zero-order valence-electron chi connectivity index (χ0n) is 16.9. The van der Waals surface area contributed by atoms with Crippen molar-refractivity contribution in [3.63, 3.8) is 0 Å². The van der Waals surface area contributed by atoms with Gasteiger partial charge in [0, 0.05) is 6.42 Å². The Morgan fingerprint density at radius 2 is 1.57 bits per heavy atom. The van der Waals surface area contributed by atoms with Crippen LogP contribution in [0.4, 0.5) is 4.79 Å². The van der Waals surface area contributed by atoms with Crippen LogP contribution >= 0.6 is 0 Å². The third-order valence-corrected chi connectivity index (χ3v) is 4.43. The molecule has 0 aromatic heterocycles. The molecule has 2 amide bonds. The Bertz CT molecular complexity index is 852. The molecule has 0 saturated heterocycles. The van der Waals surface area contributed by atoms with Crippen molar-refractivity contribution < 1.29 is 29.3 Å². The zero-order chi connectivity index (χ0) is 22.1. The number of carbonyl (C=O) groups excluding carboxylic acids is 2. The van der Waals surface area contributed by atoms with Crippen LogP contribution in [0.3, 0.4) is 0 Å². The maximum atomic E-state index is 12.7. The van der Waals surface area contributed by atoms with Gasteiger partial charge in [-0.2, -0.15) is 0 Å². The number of aliphatic carboxylic acids is 1. The van der Waals surface area contributed by atoms with Gasteiger partial charge >= 0.3 is 12.1 Å². The summed E-state index contributed by atoms with van der Waals surface area (Å²) in [5, 5.41) is 23.7. The molecule has 0 aliphatic heterocycles. The van der Waals surface area contributed by atoms with E-state index in [9.17, 15) is 24.6 Å². The van der Waals surface area contributed by atoms with Gasteiger partial charge < -0.3 is 25.6 Å². The van der Waals surface area contributed by atoms with E-state index in [0.717, 1.165) is 5.56 Å². The monoisotopic (exact) mass is 414 g/mol. The summed E-state index contributed by atoms with van der Waals surface area (Å²) in [6.45, 7) is 3.38. The van der Waals surface area contributed by atoms with Gasteiger partial charge in [-0.25, -0.2) is 9.59 Å². The van der Waals surface area contributed by atoms with Gasteiger partial charge in [0.15, 0.2) is 0 Å². The molecule has 0 heterocycles. The van der Waals surface area contributed by atoms with Crippen LogP contribution < -0.4 is 10.6 Å². The Morgan fingerprint density at radius 3 is 2.13 bits per heavy atom. The molecule has 0 bridgehead atoms. The van der Waals surface area contributed by atoms with Gasteiger partial charge in [-0.15, -0.1) is 0 Å². The standard InChI is InChI=1S/C22H26N2O6/c1-14(2)19(21(27)28)24-20(26)18(12-15-8-10-17(25)11-9-15)23-22(29)30-13-16-6-4-3-5-7-16/h3-11,14,18-19,25H,12-13H2,1-2H3,(H,23,29)(H,24,26)(H,27,28)/t18-,19-/m1/s1. The zero-order valence-corrected chi connectivity index (χ0v) is 16.9. The second-order valence-electron chi connectivity index (χ2n) is 7.20. The number of phenolic OH excluding ortho intramolecular Hbond substituents is 1. The fraction of sp³-hybridized carbons (Fsp3) is 0.318. The Labute approximate surface area is 174 Å². The van der Waals surface area contributed by atoms with Crippen molar-refractivity contribution in [3.05, 3.63) is 65.7 Å². The summed E-state index contributed by atoms with van der Waals surface area (Å²) in [6.07, 6.45) is -0.703. The topological polar surface area (TPSA) is 125 Å². The first-order valence-electron chi connectivity index (χ1n) is 9.54. The van der Waals surface area contributed by atoms with E-state index in [1.807, 2.05) is 18.2 Å². The van der Waals surface area contributed by atoms with E-state index in [1.165, 1.54) is 12.1 Å². The van der Waals surface area contributed by atoms with E-state index in [2.05, 4.69) is 10.6 Å². The van der Waals surface area contributed by atoms with Crippen molar-refractivity contribution in [2.24, 2.45) is 5.92 Å². The minimum absolute atomic E-state index is 0.0317. The average Bonchev–Trinajstić information content (AvgIpc) is 2.71. The van der Waals surface area contributed by atoms with Crippen molar-refractivity contribution >= 4 is 18.0 Å². The second-order valence-corrected chi connectivity index (χ2v) is 7.20. The van der Waals surface area contributed by atoms with Gasteiger partial charge in [-0.3, -0.25) is 4.79 Å². The Kier molecular flexibility index (Phi) is 8.22. The van der Waals surface area contributed by atoms with E-state index in [4.69, 9.17) is 4.74 Å². The number of nitrogens with one attached hydrogen (secondary N) is 2. The lowest BCUT2D eigenvalue weighted by Gasteiger charge is -2.23. The highest BCUT2D eigenvalue weighted by Crippen LogP contribution is 2.12. The minimum atomic E-state index is -1.16. The molecule has 0 saturated carbocycles. The van der Waals surface area contributed by atoms with E-state index in [-0.39, 0.29) is 24.7 Å². The minimum Gasteiger partial charge on any atom is -0.508 e. The molecule has 8 heteroatoms. The lowest BCUT2D eigenvalue weighted by Crippen LogP contribution is -2.53. The van der Waals surface area contributed by atoms with Crippen LogP contribution in [-0.2, 0) is 27.4 Å². The van der Waals surface area contributed by atoms with E-state index < -0.39 is 30.1 Å². The molecule has 0 unspecified atom stereocenters. The average molecular weight is 414 g/mol. The maximum Gasteiger partial charge on any atom is 0.408 e. The molecule has 30 heavy (non-hydrogen) atoms. The smallest absolute Gasteiger partial charge is 0.408 e. The number of carboxylic acid groups (broad SMARTS) is 1. The van der Waals surface area contributed by atoms with Crippen LogP contribution in [0, 0.1) is 5.92 Å². The van der Waals surface area contributed by atoms with Gasteiger partial charge in [-0.05, 0) is 29.2 Å². The summed E-state index contributed by atoms with van der Waals surface area (Å²) in [5.41, 5.74) is 1.46. The third-order valence-electron chi connectivity index (χ3n) is 4.43. The highest BCUT2D eigenvalue weighted by Gasteiger charge is 2.29. The van der Waals surface area contributed by atoms with Crippen molar-refractivity contribution in [3.8, 4) is 5.75 Å². The van der Waals surface area contributed by atoms with Crippen molar-refractivity contribution in [1.82, 2.24) is 10.6 Å². The largest absolute Gasteiger partial charge is 0.508 e. The van der Waals surface area contributed by atoms with Crippen LogP contribution in [-0.4, -0.2) is 40.3 Å². The normalized spacial score (nSPS) is 12.6. The predicted octanol–water partition coefficient (Wildman–Crippen LogP) is 2.46. The highest BCUT2D eigenvalue weighted by atomic mass is 16.5. The summed E-state index contributed by atoms with van der Waals surface area (Å²) in [5.74, 6) is -2.07. The first kappa shape index (κ1) is 22.7. The fourth-order valence-corrected chi connectivity index (χ4v) is 2.75. The second kappa shape index (κ2) is 10.8. The van der Waals surface area contributed by atoms with Crippen molar-refractivity contribution in [2.45, 2.75) is 39.0 Å². The number of carbonyl (C=O) groups is 3. The molecule has 2 atom stereocenters. The molecular weight excluding hydrogens is 388 g/mol. The Morgan fingerprint density at radius 1 is 0.933 bits per heavy atom. The Hall–Kier alpha value is -3.55. The lowest BCUT2D eigenvalue weighted by atomic mass is 10.0. The van der Waals surface area contributed by atoms with Crippen molar-refractivity contribution in [2.75, 3.05) is 0 Å². The number of ether oxygens (including phenoxy) is 1. The van der Waals surface area contributed by atoms with E-state index in [1.54, 1.807) is 38.1 Å². The quantitative estimate of drug-likeness (QED) is 0.500. The van der Waals surface area contributed by atoms with Crippen LogP contribution in [0.5, 0.6) is 5.75 Å². The molecule has 0 fully saturated rings. The maximum absolute atomic E-state index is 12.7. The number of amides is 2. The van der Waals surface area contributed by atoms with Gasteiger partial charge in [-0.1, -0.05) is 56.3 Å². The number of rotatable bonds is 9. The molecule has 2 rings (SSSR count). The van der Waals surface area contributed by atoms with E-state index >= 15 is 0 Å². The molecule has 0 spiro atoms. The molecule has 0 aliphatic carbocycles. The third kappa shape index (κ3) is 7.12. The van der Waals surface area contributed by atoms with Gasteiger partial charge in [0.25, 0.3) is 0 Å². The van der Waals surface area contributed by atoms with Crippen LogP contribution in [0.1, 0.15) is 25.0 Å². The molecule has 160 valence electrons. The summed E-state index contributed by atoms with van der Waals surface area (Å²) in [6, 6.07) is 13.1. The van der Waals surface area contributed by atoms with Crippen molar-refractivity contribution in [1.29, 1.82) is 0 Å². The summed E-state index contributed by atoms with van der Waals surface area (Å²) >= 11 is 0. The summed E-state index contributed by atoms with van der Waals surface area (Å²) < 4.78 is 5.18. The molecule has 2 aromatic rings. The van der Waals surface area contributed by atoms with E-state index in [0.29, 0.717) is 5.56 Å². The summed E-state index contributed by atoms with van der Waals surface area (Å²) in [4.78, 5) is 36.4. The lowest BCUT2D eigenvalue weighted by molar-refractivity contribution is -0.143. The van der Waals surface area contributed by atoms with Crippen LogP contribution in [0.25, 0.3) is 0 Å². The number of alkyl carbamates (subject to hydrolysis) is 1. The number of hydrogen-bond donors (Lipinski definition) is 4. The van der Waals surface area contributed by atoms with Crippen LogP contribution in [0.2, 0.25) is 0 Å².